The fraction of sp³-hybridized carbons (Fsp3) is 0.150. The van der Waals surface area contributed by atoms with Crippen LogP contribution in [0.15, 0.2) is 48.5 Å². The molecule has 0 aliphatic heterocycles. The van der Waals surface area contributed by atoms with Gasteiger partial charge in [0.1, 0.15) is 5.82 Å². The van der Waals surface area contributed by atoms with Crippen molar-refractivity contribution < 1.29 is 4.79 Å². The quantitative estimate of drug-likeness (QED) is 0.552. The van der Waals surface area contributed by atoms with Gasteiger partial charge in [-0.2, -0.15) is 0 Å². The van der Waals surface area contributed by atoms with Crippen LogP contribution >= 0.6 is 0 Å². The molecule has 0 radical (unpaired) electrons. The Morgan fingerprint density at radius 3 is 2.56 bits per heavy atom. The molecule has 25 heavy (non-hydrogen) atoms. The zero-order valence-corrected chi connectivity index (χ0v) is 13.5. The number of hydrogen-bond donors (Lipinski definition) is 2. The van der Waals surface area contributed by atoms with Crippen molar-refractivity contribution in [3.8, 4) is 11.5 Å². The molecule has 5 heteroatoms. The van der Waals surface area contributed by atoms with E-state index in [1.165, 1.54) is 12.8 Å². The third-order valence-corrected chi connectivity index (χ3v) is 4.61. The molecule has 2 heterocycles. The third-order valence-electron chi connectivity index (χ3n) is 4.61. The number of carbonyl (C=O) groups is 1. The van der Waals surface area contributed by atoms with Gasteiger partial charge in [-0.1, -0.05) is 30.3 Å². The molecule has 2 N–H and O–H groups in total. The van der Waals surface area contributed by atoms with E-state index >= 15 is 0 Å². The summed E-state index contributed by atoms with van der Waals surface area (Å²) in [6.45, 7) is 0. The summed E-state index contributed by atoms with van der Waals surface area (Å²) in [5.41, 5.74) is 3.04. The first-order chi connectivity index (χ1) is 12.3. The topological polar surface area (TPSA) is 70.7 Å². The Morgan fingerprint density at radius 1 is 1.00 bits per heavy atom. The van der Waals surface area contributed by atoms with Crippen molar-refractivity contribution >= 4 is 33.9 Å². The minimum atomic E-state index is 0.486. The summed E-state index contributed by atoms with van der Waals surface area (Å²) in [6.07, 6.45) is 3.21. The van der Waals surface area contributed by atoms with E-state index in [4.69, 9.17) is 9.97 Å². The number of aldehydes is 1. The van der Waals surface area contributed by atoms with E-state index < -0.39 is 0 Å². The molecule has 0 bridgehead atoms. The fourth-order valence-electron chi connectivity index (χ4n) is 3.18. The number of nitrogens with one attached hydrogen (secondary N) is 2. The van der Waals surface area contributed by atoms with E-state index in [1.54, 1.807) is 0 Å². The number of anilines is 1. The Kier molecular flexibility index (Phi) is 3.06. The summed E-state index contributed by atoms with van der Waals surface area (Å²) in [7, 11) is 0. The van der Waals surface area contributed by atoms with Gasteiger partial charge in [-0.05, 0) is 31.0 Å². The molecule has 5 rings (SSSR count). The first-order valence-electron chi connectivity index (χ1n) is 8.43. The van der Waals surface area contributed by atoms with Gasteiger partial charge in [0.2, 0.25) is 0 Å². The third kappa shape index (κ3) is 2.36. The zero-order chi connectivity index (χ0) is 16.8. The number of fused-ring (bicyclic) bond motifs is 2. The molecule has 5 nitrogen and oxygen atoms in total. The summed E-state index contributed by atoms with van der Waals surface area (Å²) in [5.74, 6) is 1.37. The number of carbonyl (C=O) groups excluding carboxylic acids is 1. The van der Waals surface area contributed by atoms with Gasteiger partial charge in [0.05, 0.1) is 16.8 Å². The molecule has 1 aliphatic carbocycles. The molecule has 1 saturated carbocycles. The summed E-state index contributed by atoms with van der Waals surface area (Å²) < 4.78 is 0. The highest BCUT2D eigenvalue weighted by Crippen LogP contribution is 2.32. The van der Waals surface area contributed by atoms with E-state index in [0.29, 0.717) is 23.1 Å². The van der Waals surface area contributed by atoms with Crippen molar-refractivity contribution in [1.29, 1.82) is 0 Å². The monoisotopic (exact) mass is 328 g/mol. The molecule has 0 saturated heterocycles. The van der Waals surface area contributed by atoms with Crippen LogP contribution in [-0.2, 0) is 0 Å². The number of rotatable bonds is 4. The number of aromatic amines is 1. The molecule has 0 spiro atoms. The van der Waals surface area contributed by atoms with Gasteiger partial charge in [-0.25, -0.2) is 9.97 Å². The Balaban J connectivity index is 1.76. The van der Waals surface area contributed by atoms with E-state index in [-0.39, 0.29) is 0 Å². The molecule has 1 aliphatic rings. The number of para-hydroxylation sites is 2. The standard InChI is InChI=1S/C20H16N4O/c25-11-15-13-5-1-3-7-16(13)22-18(15)20-23-17-8-4-2-6-14(17)19(24-20)21-12-9-10-12/h1-8,11-12,22H,9-10H2,(H,21,23,24). The van der Waals surface area contributed by atoms with Crippen LogP contribution < -0.4 is 5.32 Å². The lowest BCUT2D eigenvalue weighted by molar-refractivity contribution is 0.112. The van der Waals surface area contributed by atoms with Crippen LogP contribution in [-0.4, -0.2) is 27.3 Å². The van der Waals surface area contributed by atoms with Crippen LogP contribution in [0.5, 0.6) is 0 Å². The van der Waals surface area contributed by atoms with Crippen molar-refractivity contribution in [1.82, 2.24) is 15.0 Å². The predicted molar refractivity (Wildman–Crippen MR) is 98.9 cm³/mol. The lowest BCUT2D eigenvalue weighted by atomic mass is 10.1. The fourth-order valence-corrected chi connectivity index (χ4v) is 3.18. The van der Waals surface area contributed by atoms with Crippen LogP contribution in [0.2, 0.25) is 0 Å². The summed E-state index contributed by atoms with van der Waals surface area (Å²) >= 11 is 0. The second-order valence-corrected chi connectivity index (χ2v) is 6.41. The maximum Gasteiger partial charge on any atom is 0.179 e. The van der Waals surface area contributed by atoms with Crippen molar-refractivity contribution in [3.63, 3.8) is 0 Å². The molecule has 2 aromatic heterocycles. The van der Waals surface area contributed by atoms with Gasteiger partial charge in [-0.3, -0.25) is 4.79 Å². The van der Waals surface area contributed by atoms with Crippen molar-refractivity contribution in [3.05, 3.63) is 54.1 Å². The van der Waals surface area contributed by atoms with Crippen LogP contribution in [0, 0.1) is 0 Å². The summed E-state index contributed by atoms with van der Waals surface area (Å²) in [6, 6.07) is 16.2. The summed E-state index contributed by atoms with van der Waals surface area (Å²) in [5, 5.41) is 5.38. The van der Waals surface area contributed by atoms with E-state index in [0.717, 1.165) is 33.9 Å². The van der Waals surface area contributed by atoms with Gasteiger partial charge < -0.3 is 10.3 Å². The second-order valence-electron chi connectivity index (χ2n) is 6.41. The first kappa shape index (κ1) is 14.2. The normalized spacial score (nSPS) is 14.1. The maximum atomic E-state index is 11.7. The Hall–Kier alpha value is -3.21. The zero-order valence-electron chi connectivity index (χ0n) is 13.5. The van der Waals surface area contributed by atoms with Crippen molar-refractivity contribution in [2.45, 2.75) is 18.9 Å². The molecule has 0 atom stereocenters. The van der Waals surface area contributed by atoms with Gasteiger partial charge >= 0.3 is 0 Å². The highest BCUT2D eigenvalue weighted by molar-refractivity contribution is 6.04. The largest absolute Gasteiger partial charge is 0.367 e. The average Bonchev–Trinajstić information content (AvgIpc) is 3.38. The predicted octanol–water partition coefficient (Wildman–Crippen LogP) is 4.16. The van der Waals surface area contributed by atoms with Crippen LogP contribution in [0.25, 0.3) is 33.3 Å². The van der Waals surface area contributed by atoms with Gasteiger partial charge in [0.15, 0.2) is 12.1 Å². The lowest BCUT2D eigenvalue weighted by Gasteiger charge is -2.10. The van der Waals surface area contributed by atoms with Crippen molar-refractivity contribution in [2.75, 3.05) is 5.32 Å². The maximum absolute atomic E-state index is 11.7. The molecule has 4 aromatic rings. The van der Waals surface area contributed by atoms with Crippen LogP contribution in [0.3, 0.4) is 0 Å². The summed E-state index contributed by atoms with van der Waals surface area (Å²) in [4.78, 5) is 24.5. The first-order valence-corrected chi connectivity index (χ1v) is 8.43. The Bertz CT molecular complexity index is 1110. The average molecular weight is 328 g/mol. The molecule has 0 amide bonds. The molecular weight excluding hydrogens is 312 g/mol. The van der Waals surface area contributed by atoms with E-state index in [2.05, 4.69) is 10.3 Å². The number of H-pyrrole nitrogens is 1. The van der Waals surface area contributed by atoms with Crippen LogP contribution in [0.1, 0.15) is 23.2 Å². The minimum absolute atomic E-state index is 0.486. The Morgan fingerprint density at radius 2 is 1.76 bits per heavy atom. The highest BCUT2D eigenvalue weighted by Gasteiger charge is 2.23. The van der Waals surface area contributed by atoms with Gasteiger partial charge in [0, 0.05) is 22.3 Å². The number of benzene rings is 2. The molecule has 0 unspecified atom stereocenters. The second kappa shape index (κ2) is 5.41. The van der Waals surface area contributed by atoms with Gasteiger partial charge in [0.25, 0.3) is 0 Å². The lowest BCUT2D eigenvalue weighted by Crippen LogP contribution is -2.06. The minimum Gasteiger partial charge on any atom is -0.367 e. The Labute approximate surface area is 144 Å². The van der Waals surface area contributed by atoms with E-state index in [9.17, 15) is 4.79 Å². The smallest absolute Gasteiger partial charge is 0.179 e. The highest BCUT2D eigenvalue weighted by atomic mass is 16.1. The van der Waals surface area contributed by atoms with Crippen molar-refractivity contribution in [2.24, 2.45) is 0 Å². The number of hydrogen-bond acceptors (Lipinski definition) is 4. The van der Waals surface area contributed by atoms with Gasteiger partial charge in [-0.15, -0.1) is 0 Å². The molecule has 1 fully saturated rings. The van der Waals surface area contributed by atoms with E-state index in [1.807, 2.05) is 48.5 Å². The van der Waals surface area contributed by atoms with Crippen LogP contribution in [0.4, 0.5) is 5.82 Å². The molecular formula is C20H16N4O. The molecule has 122 valence electrons. The SMILES string of the molecule is O=Cc1c(-c2nc(NC3CC3)c3ccccc3n2)[nH]c2ccccc12. The number of nitrogens with zero attached hydrogens (tertiary/aromatic N) is 2. The molecule has 2 aromatic carbocycles. The number of aromatic nitrogens is 3.